The van der Waals surface area contributed by atoms with Crippen molar-refractivity contribution >= 4 is 17.6 Å². The van der Waals surface area contributed by atoms with Crippen LogP contribution in [-0.2, 0) is 4.79 Å². The van der Waals surface area contributed by atoms with Gasteiger partial charge in [0.25, 0.3) is 0 Å². The SMILES string of the molecule is CC(C)C(NC(=O)Nc1ccccc1)C(=O)NCC1CCCCC1. The minimum absolute atomic E-state index is 0.0258. The van der Waals surface area contributed by atoms with Crippen LogP contribution in [0.4, 0.5) is 10.5 Å². The molecule has 1 saturated carbocycles. The number of hydrogen-bond acceptors (Lipinski definition) is 2. The molecule has 1 aliphatic carbocycles. The molecule has 0 heterocycles. The molecule has 24 heavy (non-hydrogen) atoms. The highest BCUT2D eigenvalue weighted by Crippen LogP contribution is 2.22. The van der Waals surface area contributed by atoms with Gasteiger partial charge in [-0.1, -0.05) is 51.3 Å². The van der Waals surface area contributed by atoms with Crippen LogP contribution in [-0.4, -0.2) is 24.5 Å². The number of anilines is 1. The quantitative estimate of drug-likeness (QED) is 0.746. The fraction of sp³-hybridized carbons (Fsp3) is 0.579. The summed E-state index contributed by atoms with van der Waals surface area (Å²) in [4.78, 5) is 24.6. The lowest BCUT2D eigenvalue weighted by molar-refractivity contribution is -0.124. The molecule has 5 nitrogen and oxygen atoms in total. The summed E-state index contributed by atoms with van der Waals surface area (Å²) in [5.41, 5.74) is 0.708. The molecule has 1 atom stereocenters. The zero-order chi connectivity index (χ0) is 17.4. The Balaban J connectivity index is 1.83. The van der Waals surface area contributed by atoms with Crippen LogP contribution >= 0.6 is 0 Å². The van der Waals surface area contributed by atoms with E-state index in [9.17, 15) is 9.59 Å². The Labute approximate surface area is 144 Å². The lowest BCUT2D eigenvalue weighted by Gasteiger charge is -2.25. The first-order chi connectivity index (χ1) is 11.6. The van der Waals surface area contributed by atoms with E-state index in [0.717, 1.165) is 0 Å². The molecular weight excluding hydrogens is 302 g/mol. The van der Waals surface area contributed by atoms with Crippen LogP contribution in [0.15, 0.2) is 30.3 Å². The molecule has 1 fully saturated rings. The summed E-state index contributed by atoms with van der Waals surface area (Å²) in [6, 6.07) is 8.34. The molecule has 0 saturated heterocycles. The molecule has 5 heteroatoms. The third kappa shape index (κ3) is 5.87. The number of rotatable bonds is 6. The van der Waals surface area contributed by atoms with Gasteiger partial charge in [-0.3, -0.25) is 4.79 Å². The maximum atomic E-state index is 12.5. The molecule has 0 spiro atoms. The molecule has 3 N–H and O–H groups in total. The lowest BCUT2D eigenvalue weighted by Crippen LogP contribution is -2.51. The Morgan fingerprint density at radius 1 is 1.08 bits per heavy atom. The smallest absolute Gasteiger partial charge is 0.319 e. The van der Waals surface area contributed by atoms with Gasteiger partial charge in [-0.2, -0.15) is 0 Å². The van der Waals surface area contributed by atoms with Gasteiger partial charge in [0.1, 0.15) is 6.04 Å². The summed E-state index contributed by atoms with van der Waals surface area (Å²) in [5.74, 6) is 0.505. The van der Waals surface area contributed by atoms with E-state index in [4.69, 9.17) is 0 Å². The second-order valence-electron chi connectivity index (χ2n) is 6.94. The minimum atomic E-state index is -0.530. The lowest BCUT2D eigenvalue weighted by atomic mass is 9.89. The van der Waals surface area contributed by atoms with Crippen molar-refractivity contribution in [2.45, 2.75) is 52.0 Å². The van der Waals surface area contributed by atoms with E-state index in [-0.39, 0.29) is 17.9 Å². The number of nitrogens with one attached hydrogen (secondary N) is 3. The summed E-state index contributed by atoms with van der Waals surface area (Å²) < 4.78 is 0. The monoisotopic (exact) mass is 331 g/mol. The first-order valence-electron chi connectivity index (χ1n) is 8.96. The van der Waals surface area contributed by atoms with Crippen LogP contribution in [0.1, 0.15) is 46.0 Å². The van der Waals surface area contributed by atoms with Crippen LogP contribution < -0.4 is 16.0 Å². The molecular formula is C19H29N3O2. The predicted octanol–water partition coefficient (Wildman–Crippen LogP) is 3.53. The van der Waals surface area contributed by atoms with E-state index in [1.807, 2.05) is 44.2 Å². The summed E-state index contributed by atoms with van der Waals surface area (Å²) in [5, 5.41) is 8.57. The standard InChI is InChI=1S/C19H29N3O2/c1-14(2)17(18(23)20-13-15-9-5-3-6-10-15)22-19(24)21-16-11-7-4-8-12-16/h4,7-8,11-12,14-15,17H,3,5-6,9-10,13H2,1-2H3,(H,20,23)(H2,21,22,24). The van der Waals surface area contributed by atoms with Gasteiger partial charge in [-0.05, 0) is 36.8 Å². The van der Waals surface area contributed by atoms with E-state index in [1.54, 1.807) is 0 Å². The van der Waals surface area contributed by atoms with Gasteiger partial charge in [0, 0.05) is 12.2 Å². The molecule has 1 aromatic rings. The van der Waals surface area contributed by atoms with Crippen molar-refractivity contribution in [2.75, 3.05) is 11.9 Å². The molecule has 1 aliphatic rings. The zero-order valence-corrected chi connectivity index (χ0v) is 14.7. The van der Waals surface area contributed by atoms with E-state index < -0.39 is 6.04 Å². The second kappa shape index (κ2) is 9.30. The second-order valence-corrected chi connectivity index (χ2v) is 6.94. The molecule has 0 aromatic heterocycles. The van der Waals surface area contributed by atoms with Crippen LogP contribution in [0.5, 0.6) is 0 Å². The van der Waals surface area contributed by atoms with Gasteiger partial charge < -0.3 is 16.0 Å². The van der Waals surface area contributed by atoms with Crippen LogP contribution in [0.3, 0.4) is 0 Å². The molecule has 3 amide bonds. The Morgan fingerprint density at radius 2 is 1.75 bits per heavy atom. The maximum Gasteiger partial charge on any atom is 0.319 e. The third-order valence-electron chi connectivity index (χ3n) is 4.56. The summed E-state index contributed by atoms with van der Waals surface area (Å²) in [6.45, 7) is 4.59. The highest BCUT2D eigenvalue weighted by molar-refractivity contribution is 5.93. The van der Waals surface area contributed by atoms with E-state index in [1.165, 1.54) is 32.1 Å². The first kappa shape index (κ1) is 18.3. The summed E-state index contributed by atoms with van der Waals surface area (Å²) in [7, 11) is 0. The molecule has 1 aromatic carbocycles. The number of carbonyl (C=O) groups is 2. The van der Waals surface area contributed by atoms with Gasteiger partial charge >= 0.3 is 6.03 Å². The van der Waals surface area contributed by atoms with Crippen molar-refractivity contribution in [3.8, 4) is 0 Å². The molecule has 1 unspecified atom stereocenters. The van der Waals surface area contributed by atoms with Crippen molar-refractivity contribution in [2.24, 2.45) is 11.8 Å². The van der Waals surface area contributed by atoms with Gasteiger partial charge in [-0.25, -0.2) is 4.79 Å². The van der Waals surface area contributed by atoms with E-state index >= 15 is 0 Å². The average molecular weight is 331 g/mol. The maximum absolute atomic E-state index is 12.5. The number of amides is 3. The fourth-order valence-corrected chi connectivity index (χ4v) is 3.11. The largest absolute Gasteiger partial charge is 0.354 e. The summed E-state index contributed by atoms with van der Waals surface area (Å²) in [6.07, 6.45) is 6.20. The Hall–Kier alpha value is -2.04. The minimum Gasteiger partial charge on any atom is -0.354 e. The van der Waals surface area contributed by atoms with Gasteiger partial charge in [0.2, 0.25) is 5.91 Å². The van der Waals surface area contributed by atoms with Gasteiger partial charge in [-0.15, -0.1) is 0 Å². The number of carbonyl (C=O) groups excluding carboxylic acids is 2. The molecule has 0 bridgehead atoms. The van der Waals surface area contributed by atoms with Crippen LogP contribution in [0.2, 0.25) is 0 Å². The fourth-order valence-electron chi connectivity index (χ4n) is 3.11. The van der Waals surface area contributed by atoms with Gasteiger partial charge in [0.05, 0.1) is 0 Å². The summed E-state index contributed by atoms with van der Waals surface area (Å²) >= 11 is 0. The number of urea groups is 1. The first-order valence-corrected chi connectivity index (χ1v) is 8.96. The number of para-hydroxylation sites is 1. The van der Waals surface area contributed by atoms with Crippen molar-refractivity contribution in [1.29, 1.82) is 0 Å². The predicted molar refractivity (Wildman–Crippen MR) is 96.8 cm³/mol. The topological polar surface area (TPSA) is 70.2 Å². The number of benzene rings is 1. The van der Waals surface area contributed by atoms with E-state index in [2.05, 4.69) is 16.0 Å². The van der Waals surface area contributed by atoms with E-state index in [0.29, 0.717) is 18.2 Å². The zero-order valence-electron chi connectivity index (χ0n) is 14.7. The average Bonchev–Trinajstić information content (AvgIpc) is 2.59. The van der Waals surface area contributed by atoms with Gasteiger partial charge in [0.15, 0.2) is 0 Å². The Morgan fingerprint density at radius 3 is 2.38 bits per heavy atom. The van der Waals surface area contributed by atoms with Crippen LogP contribution in [0.25, 0.3) is 0 Å². The van der Waals surface area contributed by atoms with Crippen LogP contribution in [0, 0.1) is 11.8 Å². The normalized spacial score (nSPS) is 16.5. The van der Waals surface area contributed by atoms with Crippen molar-refractivity contribution in [3.63, 3.8) is 0 Å². The molecule has 0 aliphatic heterocycles. The highest BCUT2D eigenvalue weighted by Gasteiger charge is 2.25. The molecule has 0 radical (unpaired) electrons. The van der Waals surface area contributed by atoms with Crippen molar-refractivity contribution in [1.82, 2.24) is 10.6 Å². The van der Waals surface area contributed by atoms with Crippen molar-refractivity contribution in [3.05, 3.63) is 30.3 Å². The third-order valence-corrected chi connectivity index (χ3v) is 4.56. The molecule has 132 valence electrons. The number of hydrogen-bond donors (Lipinski definition) is 3. The van der Waals surface area contributed by atoms with Crippen molar-refractivity contribution < 1.29 is 9.59 Å². The Kier molecular flexibility index (Phi) is 7.09. The Bertz CT molecular complexity index is 525. The molecule has 2 rings (SSSR count). The highest BCUT2D eigenvalue weighted by atomic mass is 16.2.